The zero-order valence-electron chi connectivity index (χ0n) is 20.3. The van der Waals surface area contributed by atoms with Crippen LogP contribution in [0.4, 0.5) is 11.4 Å². The van der Waals surface area contributed by atoms with Crippen LogP contribution in [0.25, 0.3) is 10.8 Å². The van der Waals surface area contributed by atoms with Crippen LogP contribution in [0.2, 0.25) is 0 Å². The molecule has 2 bridgehead atoms. The Morgan fingerprint density at radius 2 is 1.68 bits per heavy atom. The molecular formula is C29H29N3O4S. The van der Waals surface area contributed by atoms with E-state index in [1.165, 1.54) is 0 Å². The van der Waals surface area contributed by atoms with Gasteiger partial charge in [0.2, 0.25) is 17.7 Å². The number of nitrogens with zero attached hydrogens (tertiary/aromatic N) is 1. The van der Waals surface area contributed by atoms with Crippen LogP contribution < -0.4 is 10.6 Å². The summed E-state index contributed by atoms with van der Waals surface area (Å²) >= 11 is 1.64. The molecular weight excluding hydrogens is 486 g/mol. The Kier molecular flexibility index (Phi) is 6.16. The lowest BCUT2D eigenvalue weighted by molar-refractivity contribution is -0.138. The Morgan fingerprint density at radius 3 is 2.46 bits per heavy atom. The van der Waals surface area contributed by atoms with Gasteiger partial charge in [-0.25, -0.2) is 0 Å². The highest BCUT2D eigenvalue weighted by molar-refractivity contribution is 8.02. The summed E-state index contributed by atoms with van der Waals surface area (Å²) in [6.07, 6.45) is 1.87. The van der Waals surface area contributed by atoms with Crippen LogP contribution in [0, 0.1) is 11.8 Å². The van der Waals surface area contributed by atoms with Crippen molar-refractivity contribution >= 4 is 51.6 Å². The van der Waals surface area contributed by atoms with E-state index in [1.54, 1.807) is 16.7 Å². The van der Waals surface area contributed by atoms with Crippen molar-refractivity contribution in [3.05, 3.63) is 72.8 Å². The van der Waals surface area contributed by atoms with Crippen LogP contribution in [-0.2, 0) is 14.4 Å². The summed E-state index contributed by atoms with van der Waals surface area (Å²) in [5, 5.41) is 17.7. The van der Waals surface area contributed by atoms with Gasteiger partial charge in [-0.2, -0.15) is 0 Å². The number of hydrogen-bond donors (Lipinski definition) is 3. The smallest absolute Gasteiger partial charge is 0.248 e. The summed E-state index contributed by atoms with van der Waals surface area (Å²) in [5.41, 5.74) is 1.37. The number of nitrogens with one attached hydrogen (secondary N) is 2. The molecule has 3 aromatic rings. The van der Waals surface area contributed by atoms with E-state index in [2.05, 4.69) is 10.6 Å². The molecule has 0 aliphatic carbocycles. The molecule has 3 aromatic carbocycles. The fraction of sp³-hybridized carbons (Fsp3) is 0.345. The molecule has 1 spiro atoms. The third kappa shape index (κ3) is 3.99. The fourth-order valence-corrected chi connectivity index (χ4v) is 8.68. The van der Waals surface area contributed by atoms with Crippen LogP contribution >= 0.6 is 11.8 Å². The van der Waals surface area contributed by atoms with Crippen molar-refractivity contribution in [1.29, 1.82) is 0 Å². The second kappa shape index (κ2) is 9.50. The van der Waals surface area contributed by atoms with Crippen molar-refractivity contribution in [2.45, 2.75) is 35.3 Å². The maximum atomic E-state index is 13.9. The van der Waals surface area contributed by atoms with Crippen molar-refractivity contribution in [2.75, 3.05) is 23.8 Å². The number of thioether (sulfide) groups is 1. The monoisotopic (exact) mass is 515 g/mol. The number of rotatable bonds is 7. The SMILES string of the molecule is O=C(Nc1ccc2ccccc2c1)C1N(CCCO)C(=O)[C@@H]2[C@@H](C(=O)Nc3ccccc3)[C@H]3CCC12S3. The van der Waals surface area contributed by atoms with Gasteiger partial charge in [0.25, 0.3) is 0 Å². The summed E-state index contributed by atoms with van der Waals surface area (Å²) in [7, 11) is 0. The first-order chi connectivity index (χ1) is 18.0. The molecule has 3 N–H and O–H groups in total. The molecule has 37 heavy (non-hydrogen) atoms. The van der Waals surface area contributed by atoms with Gasteiger partial charge in [-0.1, -0.05) is 48.5 Å². The maximum absolute atomic E-state index is 13.9. The van der Waals surface area contributed by atoms with Gasteiger partial charge in [-0.05, 0) is 54.3 Å². The normalized spacial score (nSPS) is 27.9. The number of aliphatic hydroxyl groups excluding tert-OH is 1. The van der Waals surface area contributed by atoms with E-state index < -0.39 is 22.6 Å². The van der Waals surface area contributed by atoms with Crippen LogP contribution in [0.3, 0.4) is 0 Å². The zero-order valence-corrected chi connectivity index (χ0v) is 21.1. The second-order valence-corrected chi connectivity index (χ2v) is 11.7. The van der Waals surface area contributed by atoms with Crippen molar-refractivity contribution in [3.8, 4) is 0 Å². The first kappa shape index (κ1) is 24.0. The van der Waals surface area contributed by atoms with E-state index in [9.17, 15) is 19.5 Å². The molecule has 6 rings (SSSR count). The minimum Gasteiger partial charge on any atom is -0.396 e. The first-order valence-electron chi connectivity index (χ1n) is 12.8. The third-order valence-corrected chi connectivity index (χ3v) is 9.92. The summed E-state index contributed by atoms with van der Waals surface area (Å²) in [4.78, 5) is 42.8. The van der Waals surface area contributed by atoms with Gasteiger partial charge in [0, 0.05) is 29.8 Å². The van der Waals surface area contributed by atoms with Crippen LogP contribution in [0.15, 0.2) is 72.8 Å². The molecule has 0 aromatic heterocycles. The molecule has 3 amide bonds. The lowest BCUT2D eigenvalue weighted by Gasteiger charge is -2.34. The molecule has 8 heteroatoms. The molecule has 7 nitrogen and oxygen atoms in total. The lowest BCUT2D eigenvalue weighted by atomic mass is 9.70. The van der Waals surface area contributed by atoms with Crippen molar-refractivity contribution in [1.82, 2.24) is 4.90 Å². The van der Waals surface area contributed by atoms with Crippen molar-refractivity contribution in [2.24, 2.45) is 11.8 Å². The summed E-state index contributed by atoms with van der Waals surface area (Å²) in [6.45, 7) is 0.204. The fourth-order valence-electron chi connectivity index (χ4n) is 6.46. The van der Waals surface area contributed by atoms with Gasteiger partial charge in [0.1, 0.15) is 6.04 Å². The van der Waals surface area contributed by atoms with Crippen molar-refractivity contribution < 1.29 is 19.5 Å². The first-order valence-corrected chi connectivity index (χ1v) is 13.6. The highest BCUT2D eigenvalue weighted by Gasteiger charge is 2.73. The molecule has 3 fully saturated rings. The number of hydrogen-bond acceptors (Lipinski definition) is 5. The van der Waals surface area contributed by atoms with E-state index in [4.69, 9.17) is 0 Å². The molecule has 190 valence electrons. The van der Waals surface area contributed by atoms with E-state index in [0.29, 0.717) is 24.2 Å². The molecule has 3 heterocycles. The van der Waals surface area contributed by atoms with E-state index in [0.717, 1.165) is 17.2 Å². The summed E-state index contributed by atoms with van der Waals surface area (Å²) in [6, 6.07) is 22.3. The van der Waals surface area contributed by atoms with E-state index in [-0.39, 0.29) is 36.1 Å². The quantitative estimate of drug-likeness (QED) is 0.444. The highest BCUT2D eigenvalue weighted by Crippen LogP contribution is 2.66. The molecule has 3 aliphatic rings. The zero-order chi connectivity index (χ0) is 25.6. The number of carbonyl (C=O) groups is 3. The number of amides is 3. The molecule has 3 saturated heterocycles. The Balaban J connectivity index is 1.31. The largest absolute Gasteiger partial charge is 0.396 e. The standard InChI is InChI=1S/C29H29N3O4S/c33-16-6-15-32-25(27(35)31-21-12-11-18-7-4-5-8-19(18)17-21)29-14-13-22(37-29)23(24(29)28(32)36)26(34)30-20-9-2-1-3-10-20/h1-5,7-12,17,22-25,33H,6,13-16H2,(H,30,34)(H,31,35)/t22-,23+,24+,25?,29?/m1/s1. The minimum atomic E-state index is -0.701. The molecule has 2 unspecified atom stereocenters. The average molecular weight is 516 g/mol. The predicted molar refractivity (Wildman–Crippen MR) is 145 cm³/mol. The maximum Gasteiger partial charge on any atom is 0.248 e. The van der Waals surface area contributed by atoms with E-state index >= 15 is 0 Å². The topological polar surface area (TPSA) is 98.7 Å². The number of anilines is 2. The van der Waals surface area contributed by atoms with Gasteiger partial charge < -0.3 is 20.6 Å². The van der Waals surface area contributed by atoms with Gasteiger partial charge in [-0.3, -0.25) is 14.4 Å². The van der Waals surface area contributed by atoms with Gasteiger partial charge in [-0.15, -0.1) is 11.8 Å². The van der Waals surface area contributed by atoms with Gasteiger partial charge >= 0.3 is 0 Å². The van der Waals surface area contributed by atoms with Crippen LogP contribution in [0.5, 0.6) is 0 Å². The summed E-state index contributed by atoms with van der Waals surface area (Å²) < 4.78 is -0.656. The van der Waals surface area contributed by atoms with Gasteiger partial charge in [0.15, 0.2) is 0 Å². The minimum absolute atomic E-state index is 0.00590. The Hall–Kier alpha value is -3.36. The number of benzene rings is 3. The third-order valence-electron chi connectivity index (χ3n) is 7.97. The van der Waals surface area contributed by atoms with Crippen molar-refractivity contribution in [3.63, 3.8) is 0 Å². The van der Waals surface area contributed by atoms with E-state index in [1.807, 2.05) is 72.8 Å². The highest BCUT2D eigenvalue weighted by atomic mass is 32.2. The average Bonchev–Trinajstić information content (AvgIpc) is 3.55. The number of aliphatic hydroxyl groups is 1. The number of carbonyl (C=O) groups excluding carboxylic acids is 3. The van der Waals surface area contributed by atoms with Gasteiger partial charge in [0.05, 0.1) is 16.6 Å². The van der Waals surface area contributed by atoms with Crippen LogP contribution in [0.1, 0.15) is 19.3 Å². The Morgan fingerprint density at radius 1 is 0.946 bits per heavy atom. The Labute approximate surface area is 219 Å². The Bertz CT molecular complexity index is 1370. The molecule has 0 radical (unpaired) electrons. The predicted octanol–water partition coefficient (Wildman–Crippen LogP) is 3.89. The molecule has 0 saturated carbocycles. The summed E-state index contributed by atoms with van der Waals surface area (Å²) in [5.74, 6) is -1.62. The lowest BCUT2D eigenvalue weighted by Crippen LogP contribution is -2.51. The number of para-hydroxylation sites is 1. The molecule has 3 aliphatic heterocycles. The number of likely N-dealkylation sites (tertiary alicyclic amines) is 1. The second-order valence-electron chi connectivity index (χ2n) is 10.1. The van der Waals surface area contributed by atoms with Crippen LogP contribution in [-0.4, -0.2) is 56.9 Å². The molecule has 5 atom stereocenters. The number of fused-ring (bicyclic) bond motifs is 2.